The van der Waals surface area contributed by atoms with Crippen molar-refractivity contribution >= 4 is 27.5 Å². The Morgan fingerprint density at radius 1 is 1.55 bits per heavy atom. The van der Waals surface area contributed by atoms with Gasteiger partial charge in [0.25, 0.3) is 0 Å². The Morgan fingerprint density at radius 3 is 2.82 bits per heavy atom. The van der Waals surface area contributed by atoms with Crippen LogP contribution in [-0.2, 0) is 5.88 Å². The SMILES string of the molecule is N#Cc1cccc(CCl)c1Br. The minimum absolute atomic E-state index is 0.427. The lowest BCUT2D eigenvalue weighted by Gasteiger charge is -1.99. The number of rotatable bonds is 1. The Balaban J connectivity index is 3.23. The summed E-state index contributed by atoms with van der Waals surface area (Å²) < 4.78 is 0.803. The van der Waals surface area contributed by atoms with Crippen LogP contribution in [0.25, 0.3) is 0 Å². The van der Waals surface area contributed by atoms with Gasteiger partial charge in [0, 0.05) is 10.4 Å². The van der Waals surface area contributed by atoms with Crippen molar-refractivity contribution in [1.82, 2.24) is 0 Å². The standard InChI is InChI=1S/C8H5BrClN/c9-8-6(4-10)2-1-3-7(8)5-11/h1-3H,4H2. The molecular formula is C8H5BrClN. The minimum atomic E-state index is 0.427. The van der Waals surface area contributed by atoms with E-state index in [0.717, 1.165) is 10.0 Å². The first-order valence-electron chi connectivity index (χ1n) is 3.03. The van der Waals surface area contributed by atoms with E-state index >= 15 is 0 Å². The van der Waals surface area contributed by atoms with Crippen molar-refractivity contribution in [1.29, 1.82) is 5.26 Å². The van der Waals surface area contributed by atoms with Crippen LogP contribution in [0.1, 0.15) is 11.1 Å². The summed E-state index contributed by atoms with van der Waals surface area (Å²) in [5, 5.41) is 8.62. The largest absolute Gasteiger partial charge is 0.192 e. The number of hydrogen-bond acceptors (Lipinski definition) is 1. The molecule has 0 fully saturated rings. The highest BCUT2D eigenvalue weighted by molar-refractivity contribution is 9.10. The van der Waals surface area contributed by atoms with Crippen molar-refractivity contribution in [2.75, 3.05) is 0 Å². The molecule has 0 bridgehead atoms. The lowest BCUT2D eigenvalue weighted by Crippen LogP contribution is -1.83. The summed E-state index contributed by atoms with van der Waals surface area (Å²) in [6, 6.07) is 7.52. The first-order chi connectivity index (χ1) is 5.29. The van der Waals surface area contributed by atoms with Crippen molar-refractivity contribution in [2.24, 2.45) is 0 Å². The Labute approximate surface area is 78.7 Å². The van der Waals surface area contributed by atoms with E-state index in [-0.39, 0.29) is 0 Å². The molecule has 0 N–H and O–H groups in total. The zero-order chi connectivity index (χ0) is 8.27. The summed E-state index contributed by atoms with van der Waals surface area (Å²) in [5.41, 5.74) is 1.58. The second kappa shape index (κ2) is 3.75. The van der Waals surface area contributed by atoms with Crippen molar-refractivity contribution in [2.45, 2.75) is 5.88 Å². The summed E-state index contributed by atoms with van der Waals surface area (Å²) >= 11 is 8.92. The van der Waals surface area contributed by atoms with Gasteiger partial charge in [-0.25, -0.2) is 0 Å². The van der Waals surface area contributed by atoms with Crippen LogP contribution in [0.5, 0.6) is 0 Å². The van der Waals surface area contributed by atoms with Gasteiger partial charge in [-0.2, -0.15) is 5.26 Å². The monoisotopic (exact) mass is 229 g/mol. The van der Waals surface area contributed by atoms with E-state index in [4.69, 9.17) is 16.9 Å². The third-order valence-corrected chi connectivity index (χ3v) is 2.57. The Morgan fingerprint density at radius 2 is 2.27 bits per heavy atom. The van der Waals surface area contributed by atoms with Gasteiger partial charge in [0.1, 0.15) is 6.07 Å². The molecule has 0 atom stereocenters. The molecule has 1 rings (SSSR count). The second-order valence-corrected chi connectivity index (χ2v) is 3.08. The zero-order valence-corrected chi connectivity index (χ0v) is 7.98. The highest BCUT2D eigenvalue weighted by Gasteiger charge is 2.02. The molecule has 0 aliphatic carbocycles. The predicted octanol–water partition coefficient (Wildman–Crippen LogP) is 3.06. The second-order valence-electron chi connectivity index (χ2n) is 2.02. The van der Waals surface area contributed by atoms with Gasteiger partial charge in [0.2, 0.25) is 0 Å². The minimum Gasteiger partial charge on any atom is -0.192 e. The number of alkyl halides is 1. The molecule has 0 unspecified atom stereocenters. The third kappa shape index (κ3) is 1.74. The lowest BCUT2D eigenvalue weighted by molar-refractivity contribution is 1.34. The summed E-state index contributed by atoms with van der Waals surface area (Å²) in [4.78, 5) is 0. The van der Waals surface area contributed by atoms with Crippen LogP contribution in [0.2, 0.25) is 0 Å². The van der Waals surface area contributed by atoms with Gasteiger partial charge < -0.3 is 0 Å². The smallest absolute Gasteiger partial charge is 0.100 e. The molecule has 1 aromatic carbocycles. The van der Waals surface area contributed by atoms with Crippen LogP contribution >= 0.6 is 27.5 Å². The van der Waals surface area contributed by atoms with Gasteiger partial charge in [-0.3, -0.25) is 0 Å². The maximum absolute atomic E-state index is 8.62. The number of nitrogens with zero attached hydrogens (tertiary/aromatic N) is 1. The summed E-state index contributed by atoms with van der Waals surface area (Å²) in [6.07, 6.45) is 0. The molecule has 1 aromatic rings. The molecule has 0 heterocycles. The first kappa shape index (κ1) is 8.58. The van der Waals surface area contributed by atoms with Crippen LogP contribution in [0.3, 0.4) is 0 Å². The van der Waals surface area contributed by atoms with E-state index in [1.807, 2.05) is 12.1 Å². The molecule has 1 nitrogen and oxygen atoms in total. The normalized spacial score (nSPS) is 9.18. The van der Waals surface area contributed by atoms with E-state index in [9.17, 15) is 0 Å². The highest BCUT2D eigenvalue weighted by Crippen LogP contribution is 2.22. The number of hydrogen-bond donors (Lipinski definition) is 0. The fraction of sp³-hybridized carbons (Fsp3) is 0.125. The molecule has 0 aliphatic heterocycles. The maximum atomic E-state index is 8.62. The fourth-order valence-corrected chi connectivity index (χ4v) is 1.65. The molecule has 0 amide bonds. The van der Waals surface area contributed by atoms with E-state index in [2.05, 4.69) is 22.0 Å². The molecule has 0 radical (unpaired) electrons. The Hall–Kier alpha value is -0.520. The molecular weight excluding hydrogens is 225 g/mol. The van der Waals surface area contributed by atoms with Crippen molar-refractivity contribution in [3.63, 3.8) is 0 Å². The van der Waals surface area contributed by atoms with E-state index in [0.29, 0.717) is 11.4 Å². The number of nitriles is 1. The van der Waals surface area contributed by atoms with Crippen LogP contribution < -0.4 is 0 Å². The maximum Gasteiger partial charge on any atom is 0.100 e. The molecule has 0 aromatic heterocycles. The van der Waals surface area contributed by atoms with E-state index < -0.39 is 0 Å². The van der Waals surface area contributed by atoms with Gasteiger partial charge in [-0.05, 0) is 27.6 Å². The molecule has 0 spiro atoms. The van der Waals surface area contributed by atoms with Gasteiger partial charge in [0.15, 0.2) is 0 Å². The Kier molecular flexibility index (Phi) is 2.92. The zero-order valence-electron chi connectivity index (χ0n) is 5.64. The molecule has 56 valence electrons. The third-order valence-electron chi connectivity index (χ3n) is 1.34. The summed E-state index contributed by atoms with van der Waals surface area (Å²) in [5.74, 6) is 0.427. The quantitative estimate of drug-likeness (QED) is 0.680. The molecule has 0 aliphatic rings. The molecule has 0 saturated heterocycles. The average Bonchev–Trinajstić information content (AvgIpc) is 2.05. The van der Waals surface area contributed by atoms with Gasteiger partial charge in [0.05, 0.1) is 5.56 Å². The van der Waals surface area contributed by atoms with Gasteiger partial charge in [-0.15, -0.1) is 11.6 Å². The molecule has 3 heteroatoms. The molecule has 0 saturated carbocycles. The molecule has 11 heavy (non-hydrogen) atoms. The van der Waals surface area contributed by atoms with Crippen molar-refractivity contribution in [3.05, 3.63) is 33.8 Å². The van der Waals surface area contributed by atoms with Gasteiger partial charge >= 0.3 is 0 Å². The van der Waals surface area contributed by atoms with Crippen molar-refractivity contribution < 1.29 is 0 Å². The van der Waals surface area contributed by atoms with Gasteiger partial charge in [-0.1, -0.05) is 12.1 Å². The predicted molar refractivity (Wildman–Crippen MR) is 48.4 cm³/mol. The van der Waals surface area contributed by atoms with Crippen LogP contribution in [0, 0.1) is 11.3 Å². The van der Waals surface area contributed by atoms with E-state index in [1.165, 1.54) is 0 Å². The average molecular weight is 230 g/mol. The summed E-state index contributed by atoms with van der Waals surface area (Å²) in [7, 11) is 0. The summed E-state index contributed by atoms with van der Waals surface area (Å²) in [6.45, 7) is 0. The lowest BCUT2D eigenvalue weighted by atomic mass is 10.2. The first-order valence-corrected chi connectivity index (χ1v) is 4.35. The van der Waals surface area contributed by atoms with Crippen LogP contribution in [0.4, 0.5) is 0 Å². The Bertz CT molecular complexity index is 303. The number of benzene rings is 1. The highest BCUT2D eigenvalue weighted by atomic mass is 79.9. The van der Waals surface area contributed by atoms with Crippen molar-refractivity contribution in [3.8, 4) is 6.07 Å². The number of halogens is 2. The topological polar surface area (TPSA) is 23.8 Å². The van der Waals surface area contributed by atoms with Crippen LogP contribution in [0.15, 0.2) is 22.7 Å². The van der Waals surface area contributed by atoms with Crippen LogP contribution in [-0.4, -0.2) is 0 Å². The van der Waals surface area contributed by atoms with E-state index in [1.54, 1.807) is 6.07 Å². The fourth-order valence-electron chi connectivity index (χ4n) is 0.769.